The minimum absolute atomic E-state index is 0.0691. The van der Waals surface area contributed by atoms with Gasteiger partial charge in [-0.3, -0.25) is 0 Å². The number of nitrogens with two attached hydrogens (primary N) is 1. The molecule has 1 aliphatic carbocycles. The molecule has 4 nitrogen and oxygen atoms in total. The van der Waals surface area contributed by atoms with Crippen LogP contribution in [0.5, 0.6) is 0 Å². The van der Waals surface area contributed by atoms with Crippen LogP contribution in [-0.4, -0.2) is 14.0 Å². The van der Waals surface area contributed by atoms with Crippen LogP contribution in [-0.2, 0) is 10.0 Å². The molecule has 1 aromatic rings. The molecule has 0 heterocycles. The molecule has 1 saturated carbocycles. The zero-order chi connectivity index (χ0) is 12.7. The summed E-state index contributed by atoms with van der Waals surface area (Å²) in [6.07, 6.45) is 2.51. The van der Waals surface area contributed by atoms with Gasteiger partial charge in [0.05, 0.1) is 5.69 Å². The van der Waals surface area contributed by atoms with Crippen molar-refractivity contribution in [3.63, 3.8) is 0 Å². The van der Waals surface area contributed by atoms with Crippen molar-refractivity contribution in [3.8, 4) is 0 Å². The number of rotatable bonds is 3. The first-order valence-electron chi connectivity index (χ1n) is 5.42. The fourth-order valence-corrected chi connectivity index (χ4v) is 3.65. The minimum Gasteiger partial charge on any atom is -0.398 e. The lowest BCUT2D eigenvalue weighted by atomic mass is 9.80. The summed E-state index contributed by atoms with van der Waals surface area (Å²) in [5.74, 6) is -0.819. The molecule has 94 valence electrons. The molecule has 0 amide bonds. The van der Waals surface area contributed by atoms with Crippen LogP contribution < -0.4 is 10.5 Å². The Balaban J connectivity index is 2.38. The molecule has 1 aromatic carbocycles. The van der Waals surface area contributed by atoms with Crippen molar-refractivity contribution in [2.75, 3.05) is 5.73 Å². The van der Waals surface area contributed by atoms with Gasteiger partial charge in [-0.2, -0.15) is 0 Å². The van der Waals surface area contributed by atoms with E-state index in [0.29, 0.717) is 0 Å². The van der Waals surface area contributed by atoms with E-state index in [2.05, 4.69) is 4.72 Å². The predicted octanol–water partition coefficient (Wildman–Crippen LogP) is 1.63. The standard InChI is InChI=1S/C11H15FN2O2S/c1-11(6-3-7-11)14-17(15,16)10-8(12)4-2-5-9(10)13/h2,4-5,14H,3,6-7,13H2,1H3. The third-order valence-corrected chi connectivity index (χ3v) is 4.83. The molecule has 17 heavy (non-hydrogen) atoms. The van der Waals surface area contributed by atoms with Crippen LogP contribution in [0.25, 0.3) is 0 Å². The van der Waals surface area contributed by atoms with Crippen LogP contribution in [0.1, 0.15) is 26.2 Å². The van der Waals surface area contributed by atoms with Crippen LogP contribution in [0.4, 0.5) is 10.1 Å². The van der Waals surface area contributed by atoms with Crippen LogP contribution in [0.2, 0.25) is 0 Å². The zero-order valence-corrected chi connectivity index (χ0v) is 10.3. The maximum absolute atomic E-state index is 13.5. The summed E-state index contributed by atoms with van der Waals surface area (Å²) in [5.41, 5.74) is 4.99. The van der Waals surface area contributed by atoms with E-state index in [0.717, 1.165) is 25.3 Å². The van der Waals surface area contributed by atoms with Crippen LogP contribution in [0.3, 0.4) is 0 Å². The molecule has 0 aromatic heterocycles. The smallest absolute Gasteiger partial charge is 0.246 e. The largest absolute Gasteiger partial charge is 0.398 e. The Labute approximate surface area is 100 Å². The number of nitrogen functional groups attached to an aromatic ring is 1. The van der Waals surface area contributed by atoms with E-state index in [-0.39, 0.29) is 5.69 Å². The minimum atomic E-state index is -3.89. The monoisotopic (exact) mass is 258 g/mol. The van der Waals surface area contributed by atoms with E-state index in [9.17, 15) is 12.8 Å². The van der Waals surface area contributed by atoms with Crippen molar-refractivity contribution in [2.45, 2.75) is 36.6 Å². The molecule has 1 aliphatic rings. The molecule has 0 unspecified atom stereocenters. The van der Waals surface area contributed by atoms with Gasteiger partial charge in [0.1, 0.15) is 10.7 Å². The molecule has 1 fully saturated rings. The van der Waals surface area contributed by atoms with Gasteiger partial charge in [-0.15, -0.1) is 0 Å². The number of anilines is 1. The fourth-order valence-electron chi connectivity index (χ4n) is 1.99. The maximum atomic E-state index is 13.5. The van der Waals surface area contributed by atoms with Crippen LogP contribution >= 0.6 is 0 Å². The molecule has 6 heteroatoms. The molecule has 3 N–H and O–H groups in total. The van der Waals surface area contributed by atoms with E-state index >= 15 is 0 Å². The number of hydrogen-bond acceptors (Lipinski definition) is 3. The fraction of sp³-hybridized carbons (Fsp3) is 0.455. The van der Waals surface area contributed by atoms with Gasteiger partial charge in [-0.1, -0.05) is 6.07 Å². The van der Waals surface area contributed by atoms with E-state index < -0.39 is 26.3 Å². The lowest BCUT2D eigenvalue weighted by Crippen LogP contribution is -2.51. The van der Waals surface area contributed by atoms with E-state index in [1.807, 2.05) is 6.92 Å². The highest BCUT2D eigenvalue weighted by atomic mass is 32.2. The van der Waals surface area contributed by atoms with Crippen molar-refractivity contribution < 1.29 is 12.8 Å². The van der Waals surface area contributed by atoms with E-state index in [1.54, 1.807) is 0 Å². The van der Waals surface area contributed by atoms with Gasteiger partial charge in [-0.25, -0.2) is 17.5 Å². The Morgan fingerprint density at radius 3 is 2.53 bits per heavy atom. The van der Waals surface area contributed by atoms with E-state index in [1.165, 1.54) is 12.1 Å². The highest BCUT2D eigenvalue weighted by Gasteiger charge is 2.37. The van der Waals surface area contributed by atoms with Gasteiger partial charge in [0.15, 0.2) is 0 Å². The highest BCUT2D eigenvalue weighted by molar-refractivity contribution is 7.89. The second kappa shape index (κ2) is 3.96. The third-order valence-electron chi connectivity index (χ3n) is 3.10. The van der Waals surface area contributed by atoms with Gasteiger partial charge in [-0.05, 0) is 38.3 Å². The lowest BCUT2D eigenvalue weighted by Gasteiger charge is -2.38. The normalized spacial score (nSPS) is 18.7. The summed E-state index contributed by atoms with van der Waals surface area (Å²) in [6.45, 7) is 1.81. The topological polar surface area (TPSA) is 72.2 Å². The van der Waals surface area contributed by atoms with Crippen LogP contribution in [0.15, 0.2) is 23.1 Å². The molecule has 0 spiro atoms. The molecule has 2 rings (SSSR count). The first-order valence-corrected chi connectivity index (χ1v) is 6.90. The average molecular weight is 258 g/mol. The van der Waals surface area contributed by atoms with E-state index in [4.69, 9.17) is 5.73 Å². The third kappa shape index (κ3) is 2.28. The van der Waals surface area contributed by atoms with Gasteiger partial charge < -0.3 is 5.73 Å². The SMILES string of the molecule is CC1(NS(=O)(=O)c2c(N)cccc2F)CCC1. The molecule has 0 bridgehead atoms. The highest BCUT2D eigenvalue weighted by Crippen LogP contribution is 2.33. The van der Waals surface area contributed by atoms with Gasteiger partial charge in [0.25, 0.3) is 0 Å². The number of benzene rings is 1. The van der Waals surface area contributed by atoms with Gasteiger partial charge >= 0.3 is 0 Å². The Kier molecular flexibility index (Phi) is 2.87. The summed E-state index contributed by atoms with van der Waals surface area (Å²) in [5, 5.41) is 0. The average Bonchev–Trinajstić information content (AvgIpc) is 2.13. The summed E-state index contributed by atoms with van der Waals surface area (Å²) < 4.78 is 40.2. The molecular weight excluding hydrogens is 243 g/mol. The lowest BCUT2D eigenvalue weighted by molar-refractivity contribution is 0.247. The molecule has 0 saturated heterocycles. The predicted molar refractivity (Wildman–Crippen MR) is 63.4 cm³/mol. The maximum Gasteiger partial charge on any atom is 0.246 e. The first kappa shape index (κ1) is 12.3. The number of hydrogen-bond donors (Lipinski definition) is 2. The Hall–Kier alpha value is -1.14. The van der Waals surface area contributed by atoms with Crippen LogP contribution in [0, 0.1) is 5.82 Å². The Morgan fingerprint density at radius 1 is 1.41 bits per heavy atom. The van der Waals surface area contributed by atoms with Crippen molar-refractivity contribution in [3.05, 3.63) is 24.0 Å². The molecule has 0 atom stereocenters. The number of halogens is 1. The van der Waals surface area contributed by atoms with Crippen molar-refractivity contribution in [1.82, 2.24) is 4.72 Å². The second-order valence-corrected chi connectivity index (χ2v) is 6.30. The Morgan fingerprint density at radius 2 is 2.06 bits per heavy atom. The van der Waals surface area contributed by atoms with Crippen molar-refractivity contribution in [1.29, 1.82) is 0 Å². The Bertz CT molecular complexity index is 518. The quantitative estimate of drug-likeness (QED) is 0.809. The first-order chi connectivity index (χ1) is 7.84. The molecular formula is C11H15FN2O2S. The van der Waals surface area contributed by atoms with Gasteiger partial charge in [0.2, 0.25) is 10.0 Å². The van der Waals surface area contributed by atoms with Gasteiger partial charge in [0, 0.05) is 5.54 Å². The van der Waals surface area contributed by atoms with Crippen molar-refractivity contribution in [2.24, 2.45) is 0 Å². The number of sulfonamides is 1. The summed E-state index contributed by atoms with van der Waals surface area (Å²) in [7, 11) is -3.89. The summed E-state index contributed by atoms with van der Waals surface area (Å²) in [4.78, 5) is -0.451. The molecule has 0 radical (unpaired) electrons. The number of nitrogens with one attached hydrogen (secondary N) is 1. The second-order valence-electron chi connectivity index (χ2n) is 4.68. The summed E-state index contributed by atoms with van der Waals surface area (Å²) >= 11 is 0. The summed E-state index contributed by atoms with van der Waals surface area (Å²) in [6, 6.07) is 3.85. The molecule has 0 aliphatic heterocycles. The van der Waals surface area contributed by atoms with Crippen molar-refractivity contribution >= 4 is 15.7 Å². The zero-order valence-electron chi connectivity index (χ0n) is 9.53.